The molecule has 1 aromatic rings. The number of nitrogens with zero attached hydrogens (tertiary/aromatic N) is 2. The molecule has 2 aliphatic rings. The van der Waals surface area contributed by atoms with Gasteiger partial charge in [-0.15, -0.1) is 0 Å². The number of aromatic nitrogens is 1. The van der Waals surface area contributed by atoms with Crippen molar-refractivity contribution in [1.29, 1.82) is 0 Å². The van der Waals surface area contributed by atoms with Gasteiger partial charge in [0.25, 0.3) is 5.91 Å². The van der Waals surface area contributed by atoms with Gasteiger partial charge in [0.05, 0.1) is 0 Å². The van der Waals surface area contributed by atoms with E-state index in [9.17, 15) is 4.79 Å². The summed E-state index contributed by atoms with van der Waals surface area (Å²) in [5, 5.41) is 0. The average molecular weight is 288 g/mol. The van der Waals surface area contributed by atoms with Gasteiger partial charge in [-0.3, -0.25) is 4.79 Å². The molecule has 0 spiro atoms. The van der Waals surface area contributed by atoms with Crippen molar-refractivity contribution in [3.63, 3.8) is 0 Å². The van der Waals surface area contributed by atoms with Gasteiger partial charge in [-0.1, -0.05) is 12.8 Å². The number of nitrogens with two attached hydrogens (primary N) is 1. The molecule has 0 bridgehead atoms. The second-order valence-corrected chi connectivity index (χ2v) is 6.28. The minimum atomic E-state index is 0.133. The Balaban J connectivity index is 1.85. The minimum Gasteiger partial charge on any atom is -0.335 e. The third-order valence-electron chi connectivity index (χ3n) is 4.85. The Bertz CT molecular complexity index is 529. The molecule has 5 nitrogen and oxygen atoms in total. The van der Waals surface area contributed by atoms with E-state index >= 15 is 0 Å². The Labute approximate surface area is 125 Å². The highest BCUT2D eigenvalue weighted by Gasteiger charge is 2.36. The molecule has 2 unspecified atom stereocenters. The minimum absolute atomic E-state index is 0.133. The second-order valence-electron chi connectivity index (χ2n) is 6.28. The fourth-order valence-electron chi connectivity index (χ4n) is 3.91. The Kier molecular flexibility index (Phi) is 4.10. The van der Waals surface area contributed by atoms with Crippen LogP contribution in [0.1, 0.15) is 54.6 Å². The summed E-state index contributed by atoms with van der Waals surface area (Å²) >= 11 is 0. The largest absolute Gasteiger partial charge is 0.335 e. The van der Waals surface area contributed by atoms with Crippen molar-refractivity contribution in [2.24, 2.45) is 11.8 Å². The lowest BCUT2D eigenvalue weighted by atomic mass is 9.78. The van der Waals surface area contributed by atoms with E-state index in [1.807, 2.05) is 13.0 Å². The van der Waals surface area contributed by atoms with E-state index in [2.05, 4.69) is 15.3 Å². The van der Waals surface area contributed by atoms with Gasteiger partial charge < -0.3 is 10.3 Å². The topological polar surface area (TPSA) is 71.2 Å². The highest BCUT2D eigenvalue weighted by atomic mass is 16.2. The van der Waals surface area contributed by atoms with E-state index in [1.165, 1.54) is 25.7 Å². The number of hydrogen-bond acceptors (Lipinski definition) is 4. The lowest BCUT2D eigenvalue weighted by Crippen LogP contribution is -2.49. The van der Waals surface area contributed by atoms with Crippen LogP contribution >= 0.6 is 0 Å². The summed E-state index contributed by atoms with van der Waals surface area (Å²) in [5.74, 6) is 6.82. The number of amides is 1. The molecule has 1 aliphatic carbocycles. The van der Waals surface area contributed by atoms with Crippen molar-refractivity contribution in [3.05, 3.63) is 23.4 Å². The summed E-state index contributed by atoms with van der Waals surface area (Å²) in [6.45, 7) is 2.77. The van der Waals surface area contributed by atoms with Gasteiger partial charge in [0.15, 0.2) is 0 Å². The van der Waals surface area contributed by atoms with Crippen molar-refractivity contribution in [3.8, 4) is 0 Å². The molecule has 1 aromatic heterocycles. The van der Waals surface area contributed by atoms with Crippen LogP contribution in [-0.2, 0) is 0 Å². The Hall–Kier alpha value is -1.62. The van der Waals surface area contributed by atoms with Crippen molar-refractivity contribution in [2.75, 3.05) is 12.0 Å². The van der Waals surface area contributed by atoms with Crippen LogP contribution in [0.25, 0.3) is 0 Å². The summed E-state index contributed by atoms with van der Waals surface area (Å²) in [7, 11) is 0. The molecule has 1 aliphatic heterocycles. The molecule has 3 rings (SSSR count). The molecule has 2 atom stereocenters. The standard InChI is InChI=1S/C16H24N4O/c1-11-9-13(10-15(18-11)19-17)16(21)20-8-4-6-12-5-2-3-7-14(12)20/h9-10,12,14H,2-8,17H2,1H3,(H,18,19). The van der Waals surface area contributed by atoms with Crippen LogP contribution in [0.15, 0.2) is 12.1 Å². The fraction of sp³-hybridized carbons (Fsp3) is 0.625. The van der Waals surface area contributed by atoms with E-state index in [4.69, 9.17) is 5.84 Å². The zero-order valence-electron chi connectivity index (χ0n) is 12.6. The van der Waals surface area contributed by atoms with Crippen LogP contribution < -0.4 is 11.3 Å². The van der Waals surface area contributed by atoms with Crippen molar-refractivity contribution >= 4 is 11.7 Å². The van der Waals surface area contributed by atoms with Gasteiger partial charge in [0.2, 0.25) is 0 Å². The van der Waals surface area contributed by atoms with Crippen LogP contribution in [0, 0.1) is 12.8 Å². The number of likely N-dealkylation sites (tertiary alicyclic amines) is 1. The van der Waals surface area contributed by atoms with Gasteiger partial charge in [-0.05, 0) is 50.7 Å². The van der Waals surface area contributed by atoms with Crippen LogP contribution in [-0.4, -0.2) is 28.4 Å². The Morgan fingerprint density at radius 2 is 2.05 bits per heavy atom. The van der Waals surface area contributed by atoms with Crippen molar-refractivity contribution in [1.82, 2.24) is 9.88 Å². The molecular formula is C16H24N4O. The smallest absolute Gasteiger partial charge is 0.254 e. The predicted molar refractivity (Wildman–Crippen MR) is 82.8 cm³/mol. The molecule has 2 heterocycles. The number of hydrazine groups is 1. The van der Waals surface area contributed by atoms with Crippen molar-refractivity contribution in [2.45, 2.75) is 51.5 Å². The SMILES string of the molecule is Cc1cc(C(=O)N2CCCC3CCCCC32)cc(NN)n1. The molecule has 0 aromatic carbocycles. The number of hydrogen-bond donors (Lipinski definition) is 2. The number of fused-ring (bicyclic) bond motifs is 1. The first kappa shape index (κ1) is 14.3. The highest BCUT2D eigenvalue weighted by molar-refractivity contribution is 5.95. The number of carbonyl (C=O) groups is 1. The summed E-state index contributed by atoms with van der Waals surface area (Å²) in [6.07, 6.45) is 7.40. The van der Waals surface area contributed by atoms with E-state index in [0.29, 0.717) is 23.3 Å². The maximum absolute atomic E-state index is 12.9. The van der Waals surface area contributed by atoms with Gasteiger partial charge in [-0.25, -0.2) is 10.8 Å². The van der Waals surface area contributed by atoms with Gasteiger partial charge >= 0.3 is 0 Å². The zero-order valence-corrected chi connectivity index (χ0v) is 12.6. The Morgan fingerprint density at radius 1 is 1.29 bits per heavy atom. The normalized spacial score (nSPS) is 25.3. The number of pyridine rings is 1. The monoisotopic (exact) mass is 288 g/mol. The molecule has 1 saturated heterocycles. The number of nitrogens with one attached hydrogen (secondary N) is 1. The summed E-state index contributed by atoms with van der Waals surface area (Å²) in [6, 6.07) is 4.04. The molecule has 1 amide bonds. The maximum atomic E-state index is 12.9. The van der Waals surface area contributed by atoms with E-state index in [-0.39, 0.29) is 5.91 Å². The third-order valence-corrected chi connectivity index (χ3v) is 4.85. The first-order chi connectivity index (χ1) is 10.2. The van der Waals surface area contributed by atoms with E-state index < -0.39 is 0 Å². The first-order valence-corrected chi connectivity index (χ1v) is 7.95. The molecule has 1 saturated carbocycles. The molecule has 114 valence electrons. The van der Waals surface area contributed by atoms with Gasteiger partial charge in [-0.2, -0.15) is 0 Å². The summed E-state index contributed by atoms with van der Waals surface area (Å²) < 4.78 is 0. The van der Waals surface area contributed by atoms with E-state index in [0.717, 1.165) is 25.1 Å². The lowest BCUT2D eigenvalue weighted by Gasteiger charge is -2.44. The number of aryl methyl sites for hydroxylation is 1. The van der Waals surface area contributed by atoms with E-state index in [1.54, 1.807) is 6.07 Å². The van der Waals surface area contributed by atoms with Crippen LogP contribution in [0.5, 0.6) is 0 Å². The number of rotatable bonds is 2. The third kappa shape index (κ3) is 2.88. The maximum Gasteiger partial charge on any atom is 0.254 e. The highest BCUT2D eigenvalue weighted by Crippen LogP contribution is 2.36. The van der Waals surface area contributed by atoms with Gasteiger partial charge in [0.1, 0.15) is 5.82 Å². The lowest BCUT2D eigenvalue weighted by molar-refractivity contribution is 0.0390. The van der Waals surface area contributed by atoms with Crippen molar-refractivity contribution < 1.29 is 4.79 Å². The van der Waals surface area contributed by atoms with Gasteiger partial charge in [0, 0.05) is 23.8 Å². The molecule has 2 fully saturated rings. The molecule has 21 heavy (non-hydrogen) atoms. The summed E-state index contributed by atoms with van der Waals surface area (Å²) in [4.78, 5) is 19.3. The first-order valence-electron chi connectivity index (χ1n) is 7.95. The second kappa shape index (κ2) is 6.02. The number of carbonyl (C=O) groups excluding carboxylic acids is 1. The number of nitrogen functional groups attached to an aromatic ring is 1. The average Bonchev–Trinajstić information content (AvgIpc) is 2.53. The van der Waals surface area contributed by atoms with Crippen LogP contribution in [0.2, 0.25) is 0 Å². The van der Waals surface area contributed by atoms with Crippen LogP contribution in [0.3, 0.4) is 0 Å². The fourth-order valence-corrected chi connectivity index (χ4v) is 3.91. The van der Waals surface area contributed by atoms with Crippen LogP contribution in [0.4, 0.5) is 5.82 Å². The zero-order chi connectivity index (χ0) is 14.8. The number of piperidine rings is 1. The predicted octanol–water partition coefficient (Wildman–Crippen LogP) is 2.47. The number of anilines is 1. The quantitative estimate of drug-likeness (QED) is 0.648. The summed E-state index contributed by atoms with van der Waals surface area (Å²) in [5.41, 5.74) is 4.05. The Morgan fingerprint density at radius 3 is 2.86 bits per heavy atom. The molecular weight excluding hydrogens is 264 g/mol. The molecule has 3 N–H and O–H groups in total. The molecule has 0 radical (unpaired) electrons. The molecule has 5 heteroatoms.